The molecule has 15 heavy (non-hydrogen) atoms. The monoisotopic (exact) mass is 220 g/mol. The van der Waals surface area contributed by atoms with Gasteiger partial charge in [-0.15, -0.1) is 0 Å². The summed E-state index contributed by atoms with van der Waals surface area (Å²) >= 11 is 0. The Kier molecular flexibility index (Phi) is 2.88. The predicted octanol–water partition coefficient (Wildman–Crippen LogP) is 1.79. The topological polar surface area (TPSA) is 57.5 Å². The molecule has 0 unspecified atom stereocenters. The third-order valence-corrected chi connectivity index (χ3v) is 1.80. The second-order valence-corrected chi connectivity index (χ2v) is 2.93. The van der Waals surface area contributed by atoms with Gasteiger partial charge in [0, 0.05) is 5.56 Å². The second-order valence-electron chi connectivity index (χ2n) is 2.93. The van der Waals surface area contributed by atoms with Crippen LogP contribution < -0.4 is 0 Å². The fourth-order valence-corrected chi connectivity index (χ4v) is 1.02. The Morgan fingerprint density at radius 2 is 2.00 bits per heavy atom. The fraction of sp³-hybridized carbons (Fsp3) is 0.222. The number of para-hydroxylation sites is 1. The summed E-state index contributed by atoms with van der Waals surface area (Å²) in [5.41, 5.74) is -0.442. The van der Waals surface area contributed by atoms with E-state index in [4.69, 9.17) is 10.2 Å². The number of alkyl halides is 2. The highest BCUT2D eigenvalue weighted by Crippen LogP contribution is 2.27. The maximum Gasteiger partial charge on any atom is 0.374 e. The lowest BCUT2D eigenvalue weighted by atomic mass is 10.1. The van der Waals surface area contributed by atoms with E-state index in [0.717, 1.165) is 18.2 Å². The summed E-state index contributed by atoms with van der Waals surface area (Å²) in [5, 5.41) is 17.2. The van der Waals surface area contributed by atoms with Crippen molar-refractivity contribution in [3.05, 3.63) is 29.6 Å². The normalized spacial score (nSPS) is 11.4. The van der Waals surface area contributed by atoms with E-state index in [1.165, 1.54) is 0 Å². The van der Waals surface area contributed by atoms with Crippen LogP contribution in [0, 0.1) is 5.82 Å². The summed E-state index contributed by atoms with van der Waals surface area (Å²) in [5.74, 6) is -8.34. The first-order valence-corrected chi connectivity index (χ1v) is 3.92. The van der Waals surface area contributed by atoms with Gasteiger partial charge in [-0.1, -0.05) is 12.1 Å². The molecular weight excluding hydrogens is 213 g/mol. The molecule has 82 valence electrons. The van der Waals surface area contributed by atoms with E-state index in [2.05, 4.69) is 0 Å². The van der Waals surface area contributed by atoms with Crippen LogP contribution >= 0.6 is 0 Å². The van der Waals surface area contributed by atoms with Crippen molar-refractivity contribution in [2.75, 3.05) is 0 Å². The Morgan fingerprint density at radius 3 is 2.53 bits per heavy atom. The summed E-state index contributed by atoms with van der Waals surface area (Å²) in [6, 6.07) is 3.04. The molecule has 1 aromatic rings. The van der Waals surface area contributed by atoms with Gasteiger partial charge in [0.25, 0.3) is 0 Å². The van der Waals surface area contributed by atoms with Gasteiger partial charge >= 0.3 is 11.9 Å². The van der Waals surface area contributed by atoms with Crippen LogP contribution in [0.2, 0.25) is 0 Å². The molecular formula is C9H7F3O3. The zero-order chi connectivity index (χ0) is 11.6. The van der Waals surface area contributed by atoms with E-state index in [0.29, 0.717) is 0 Å². The Hall–Kier alpha value is -1.72. The highest BCUT2D eigenvalue weighted by molar-refractivity contribution is 5.75. The number of aliphatic carboxylic acids is 1. The van der Waals surface area contributed by atoms with Crippen LogP contribution in [0.5, 0.6) is 5.75 Å². The molecule has 6 heteroatoms. The Morgan fingerprint density at radius 1 is 1.40 bits per heavy atom. The van der Waals surface area contributed by atoms with Gasteiger partial charge < -0.3 is 10.2 Å². The molecule has 0 saturated carbocycles. The Bertz CT molecular complexity index is 390. The first-order chi connectivity index (χ1) is 6.84. The van der Waals surface area contributed by atoms with Gasteiger partial charge in [-0.2, -0.15) is 8.78 Å². The minimum absolute atomic E-state index is 0.442. The molecule has 0 radical (unpaired) electrons. The number of phenolic OH excluding ortho intramolecular Hbond substituents is 1. The molecule has 3 nitrogen and oxygen atoms in total. The van der Waals surface area contributed by atoms with Crippen LogP contribution in [-0.4, -0.2) is 22.1 Å². The zero-order valence-electron chi connectivity index (χ0n) is 7.38. The van der Waals surface area contributed by atoms with Crippen LogP contribution in [0.3, 0.4) is 0 Å². The van der Waals surface area contributed by atoms with Crippen LogP contribution in [0.15, 0.2) is 18.2 Å². The summed E-state index contributed by atoms with van der Waals surface area (Å²) in [7, 11) is 0. The van der Waals surface area contributed by atoms with Crippen molar-refractivity contribution in [2.24, 2.45) is 0 Å². The maximum atomic E-state index is 12.7. The van der Waals surface area contributed by atoms with Crippen molar-refractivity contribution in [3.63, 3.8) is 0 Å². The van der Waals surface area contributed by atoms with E-state index < -0.39 is 35.4 Å². The minimum atomic E-state index is -4.02. The molecule has 0 atom stereocenters. The number of rotatable bonds is 3. The molecule has 0 bridgehead atoms. The predicted molar refractivity (Wildman–Crippen MR) is 44.4 cm³/mol. The van der Waals surface area contributed by atoms with E-state index in [1.807, 2.05) is 0 Å². The van der Waals surface area contributed by atoms with E-state index in [-0.39, 0.29) is 0 Å². The van der Waals surface area contributed by atoms with Gasteiger partial charge in [-0.25, -0.2) is 9.18 Å². The number of aromatic hydroxyl groups is 1. The van der Waals surface area contributed by atoms with Crippen molar-refractivity contribution in [1.82, 2.24) is 0 Å². The highest BCUT2D eigenvalue weighted by atomic mass is 19.3. The average Bonchev–Trinajstić information content (AvgIpc) is 2.12. The molecule has 0 heterocycles. The van der Waals surface area contributed by atoms with Crippen molar-refractivity contribution in [3.8, 4) is 5.75 Å². The standard InChI is InChI=1S/C9H7F3O3/c10-6-3-1-2-5(7(6)13)4-9(11,12)8(14)15/h1-3,13H,4H2,(H,14,15). The van der Waals surface area contributed by atoms with Crippen molar-refractivity contribution in [1.29, 1.82) is 0 Å². The van der Waals surface area contributed by atoms with Crippen molar-refractivity contribution < 1.29 is 28.2 Å². The van der Waals surface area contributed by atoms with Gasteiger partial charge in [0.1, 0.15) is 0 Å². The summed E-state index contributed by atoms with van der Waals surface area (Å²) in [4.78, 5) is 10.1. The SMILES string of the molecule is O=C(O)C(F)(F)Cc1cccc(F)c1O. The van der Waals surface area contributed by atoms with Crippen molar-refractivity contribution >= 4 is 5.97 Å². The van der Waals surface area contributed by atoms with Crippen LogP contribution in [-0.2, 0) is 11.2 Å². The number of hydrogen-bond acceptors (Lipinski definition) is 2. The average molecular weight is 220 g/mol. The van der Waals surface area contributed by atoms with Gasteiger partial charge in [0.05, 0.1) is 6.42 Å². The molecule has 1 aromatic carbocycles. The zero-order valence-corrected chi connectivity index (χ0v) is 7.38. The highest BCUT2D eigenvalue weighted by Gasteiger charge is 2.39. The number of carboxylic acids is 1. The molecule has 0 saturated heterocycles. The second kappa shape index (κ2) is 3.80. The lowest BCUT2D eigenvalue weighted by molar-refractivity contribution is -0.164. The minimum Gasteiger partial charge on any atom is -0.505 e. The number of carbonyl (C=O) groups is 1. The van der Waals surface area contributed by atoms with Crippen LogP contribution in [0.1, 0.15) is 5.56 Å². The first kappa shape index (κ1) is 11.4. The molecule has 0 amide bonds. The molecule has 0 aliphatic carbocycles. The molecule has 0 aromatic heterocycles. The first-order valence-electron chi connectivity index (χ1n) is 3.92. The number of hydrogen-bond donors (Lipinski definition) is 2. The van der Waals surface area contributed by atoms with Gasteiger partial charge in [-0.05, 0) is 6.07 Å². The molecule has 0 aliphatic rings. The van der Waals surface area contributed by atoms with Gasteiger partial charge in [-0.3, -0.25) is 0 Å². The van der Waals surface area contributed by atoms with E-state index in [1.54, 1.807) is 0 Å². The summed E-state index contributed by atoms with van der Waals surface area (Å²) in [6.07, 6.45) is -1.24. The molecule has 0 aliphatic heterocycles. The number of benzene rings is 1. The summed E-state index contributed by atoms with van der Waals surface area (Å²) in [6.45, 7) is 0. The molecule has 1 rings (SSSR count). The fourth-order valence-electron chi connectivity index (χ4n) is 1.02. The Balaban J connectivity index is 3.00. The van der Waals surface area contributed by atoms with E-state index in [9.17, 15) is 18.0 Å². The lowest BCUT2D eigenvalue weighted by Crippen LogP contribution is -2.30. The number of halogens is 3. The lowest BCUT2D eigenvalue weighted by Gasteiger charge is -2.12. The molecule has 0 fully saturated rings. The number of carboxylic acid groups (broad SMARTS) is 1. The largest absolute Gasteiger partial charge is 0.505 e. The smallest absolute Gasteiger partial charge is 0.374 e. The van der Waals surface area contributed by atoms with E-state index >= 15 is 0 Å². The van der Waals surface area contributed by atoms with Gasteiger partial charge in [0.15, 0.2) is 11.6 Å². The maximum absolute atomic E-state index is 12.7. The molecule has 2 N–H and O–H groups in total. The quantitative estimate of drug-likeness (QED) is 0.816. The Labute approximate surface area is 82.8 Å². The van der Waals surface area contributed by atoms with Crippen LogP contribution in [0.25, 0.3) is 0 Å². The number of phenols is 1. The third kappa shape index (κ3) is 2.39. The van der Waals surface area contributed by atoms with Gasteiger partial charge in [0.2, 0.25) is 0 Å². The third-order valence-electron chi connectivity index (χ3n) is 1.80. The van der Waals surface area contributed by atoms with Crippen molar-refractivity contribution in [2.45, 2.75) is 12.3 Å². The van der Waals surface area contributed by atoms with Crippen LogP contribution in [0.4, 0.5) is 13.2 Å². The molecule has 0 spiro atoms. The summed E-state index contributed by atoms with van der Waals surface area (Å²) < 4.78 is 38.1.